The van der Waals surface area contributed by atoms with Crippen LogP contribution in [-0.2, 0) is 0 Å². The molecule has 0 saturated heterocycles. The first-order valence-electron chi connectivity index (χ1n) is 5.78. The second-order valence-electron chi connectivity index (χ2n) is 4.51. The van der Waals surface area contributed by atoms with Gasteiger partial charge in [0.15, 0.2) is 5.13 Å². The molecule has 18 heavy (non-hydrogen) atoms. The van der Waals surface area contributed by atoms with Crippen LogP contribution in [-0.4, -0.2) is 21.7 Å². The van der Waals surface area contributed by atoms with Crippen LogP contribution in [0.1, 0.15) is 13.8 Å². The summed E-state index contributed by atoms with van der Waals surface area (Å²) in [5, 5.41) is 25.0. The predicted octanol–water partition coefficient (Wildman–Crippen LogP) is 3.29. The van der Waals surface area contributed by atoms with Gasteiger partial charge in [-0.25, -0.2) is 4.98 Å². The Labute approximate surface area is 110 Å². The molecular formula is C13H16N2O2S. The fourth-order valence-corrected chi connectivity index (χ4v) is 2.23. The van der Waals surface area contributed by atoms with Crippen molar-refractivity contribution in [1.82, 2.24) is 4.98 Å². The van der Waals surface area contributed by atoms with Crippen LogP contribution in [0.3, 0.4) is 0 Å². The van der Waals surface area contributed by atoms with E-state index in [1.54, 1.807) is 6.07 Å². The third-order valence-electron chi connectivity index (χ3n) is 2.42. The van der Waals surface area contributed by atoms with Gasteiger partial charge in [0.05, 0.1) is 5.69 Å². The van der Waals surface area contributed by atoms with Crippen LogP contribution in [0.2, 0.25) is 0 Å². The highest BCUT2D eigenvalue weighted by Crippen LogP contribution is 2.33. The summed E-state index contributed by atoms with van der Waals surface area (Å²) in [6, 6.07) is 4.51. The van der Waals surface area contributed by atoms with Gasteiger partial charge >= 0.3 is 0 Å². The molecular weight excluding hydrogens is 248 g/mol. The summed E-state index contributed by atoms with van der Waals surface area (Å²) >= 11 is 1.50. The molecule has 0 fully saturated rings. The van der Waals surface area contributed by atoms with E-state index in [0.29, 0.717) is 17.2 Å². The molecule has 0 saturated carbocycles. The van der Waals surface area contributed by atoms with Crippen molar-refractivity contribution < 1.29 is 10.2 Å². The number of nitrogens with one attached hydrogen (secondary N) is 1. The summed E-state index contributed by atoms with van der Waals surface area (Å²) in [5.41, 5.74) is 1.34. The summed E-state index contributed by atoms with van der Waals surface area (Å²) < 4.78 is 0. The quantitative estimate of drug-likeness (QED) is 0.792. The number of aromatic hydroxyl groups is 2. The normalized spacial score (nSPS) is 10.8. The van der Waals surface area contributed by atoms with Crippen LogP contribution in [0.25, 0.3) is 11.3 Å². The van der Waals surface area contributed by atoms with E-state index in [2.05, 4.69) is 24.1 Å². The number of anilines is 1. The molecule has 1 aromatic carbocycles. The molecule has 4 nitrogen and oxygen atoms in total. The second kappa shape index (κ2) is 5.27. The lowest BCUT2D eigenvalue weighted by Crippen LogP contribution is -2.07. The topological polar surface area (TPSA) is 65.4 Å². The Hall–Kier alpha value is -1.75. The van der Waals surface area contributed by atoms with Crippen LogP contribution < -0.4 is 5.32 Å². The number of thiazole rings is 1. The minimum atomic E-state index is 0.0377. The molecule has 0 aliphatic heterocycles. The standard InChI is InChI=1S/C13H16N2O2S/c1-8(2)6-14-13-15-11(7-18-13)10-4-3-9(16)5-12(10)17/h3-5,7-8,16-17H,6H2,1-2H3,(H,14,15). The zero-order valence-corrected chi connectivity index (χ0v) is 11.2. The molecule has 2 rings (SSSR count). The minimum Gasteiger partial charge on any atom is -0.508 e. The Bertz CT molecular complexity index is 538. The molecule has 96 valence electrons. The van der Waals surface area contributed by atoms with E-state index in [4.69, 9.17) is 0 Å². The van der Waals surface area contributed by atoms with Crippen LogP contribution in [0.15, 0.2) is 23.6 Å². The van der Waals surface area contributed by atoms with E-state index in [0.717, 1.165) is 11.7 Å². The SMILES string of the molecule is CC(C)CNc1nc(-c2ccc(O)cc2O)cs1. The lowest BCUT2D eigenvalue weighted by Gasteiger charge is -2.05. The molecule has 0 spiro atoms. The second-order valence-corrected chi connectivity index (χ2v) is 5.37. The number of aromatic nitrogens is 1. The van der Waals surface area contributed by atoms with Crippen LogP contribution >= 0.6 is 11.3 Å². The third-order valence-corrected chi connectivity index (χ3v) is 3.22. The Morgan fingerprint density at radius 1 is 1.33 bits per heavy atom. The highest BCUT2D eigenvalue weighted by Gasteiger charge is 2.09. The number of phenolic OH excluding ortho intramolecular Hbond substituents is 2. The molecule has 0 unspecified atom stereocenters. The van der Waals surface area contributed by atoms with E-state index in [-0.39, 0.29) is 11.5 Å². The molecule has 0 aliphatic carbocycles. The molecule has 0 amide bonds. The van der Waals surface area contributed by atoms with Gasteiger partial charge in [-0.15, -0.1) is 11.3 Å². The van der Waals surface area contributed by atoms with Gasteiger partial charge < -0.3 is 15.5 Å². The van der Waals surface area contributed by atoms with E-state index in [1.165, 1.54) is 23.5 Å². The van der Waals surface area contributed by atoms with E-state index < -0.39 is 0 Å². The summed E-state index contributed by atoms with van der Waals surface area (Å²) in [5.74, 6) is 0.639. The zero-order chi connectivity index (χ0) is 13.1. The first kappa shape index (κ1) is 12.7. The molecule has 0 atom stereocenters. The van der Waals surface area contributed by atoms with Gasteiger partial charge in [0.1, 0.15) is 11.5 Å². The van der Waals surface area contributed by atoms with Crippen molar-refractivity contribution in [1.29, 1.82) is 0 Å². The van der Waals surface area contributed by atoms with Gasteiger partial charge in [0.2, 0.25) is 0 Å². The van der Waals surface area contributed by atoms with E-state index in [9.17, 15) is 10.2 Å². The maximum Gasteiger partial charge on any atom is 0.183 e. The Kier molecular flexibility index (Phi) is 3.72. The molecule has 2 aromatic rings. The minimum absolute atomic E-state index is 0.0377. The van der Waals surface area contributed by atoms with Crippen molar-refractivity contribution in [2.24, 2.45) is 5.92 Å². The number of phenols is 2. The Morgan fingerprint density at radius 3 is 2.78 bits per heavy atom. The average molecular weight is 264 g/mol. The van der Waals surface area contributed by atoms with Crippen LogP contribution in [0.5, 0.6) is 11.5 Å². The summed E-state index contributed by atoms with van der Waals surface area (Å²) in [6.45, 7) is 5.13. The van der Waals surface area contributed by atoms with E-state index in [1.807, 2.05) is 5.38 Å². The summed E-state index contributed by atoms with van der Waals surface area (Å²) in [4.78, 5) is 4.41. The molecule has 1 aromatic heterocycles. The Balaban J connectivity index is 2.18. The van der Waals surface area contributed by atoms with Gasteiger partial charge in [0, 0.05) is 23.6 Å². The molecule has 0 bridgehead atoms. The molecule has 3 N–H and O–H groups in total. The fraction of sp³-hybridized carbons (Fsp3) is 0.308. The number of hydrogen-bond acceptors (Lipinski definition) is 5. The van der Waals surface area contributed by atoms with Gasteiger partial charge in [-0.3, -0.25) is 0 Å². The van der Waals surface area contributed by atoms with Crippen molar-refractivity contribution in [3.05, 3.63) is 23.6 Å². The maximum absolute atomic E-state index is 9.76. The monoisotopic (exact) mass is 264 g/mol. The lowest BCUT2D eigenvalue weighted by molar-refractivity contribution is 0.452. The first-order chi connectivity index (χ1) is 8.56. The van der Waals surface area contributed by atoms with E-state index >= 15 is 0 Å². The van der Waals surface area contributed by atoms with Gasteiger partial charge in [-0.1, -0.05) is 13.8 Å². The predicted molar refractivity (Wildman–Crippen MR) is 74.2 cm³/mol. The summed E-state index contributed by atoms with van der Waals surface area (Å²) in [7, 11) is 0. The fourth-order valence-electron chi connectivity index (χ4n) is 1.51. The van der Waals surface area contributed by atoms with Crippen LogP contribution in [0.4, 0.5) is 5.13 Å². The number of benzene rings is 1. The van der Waals surface area contributed by atoms with Crippen molar-refractivity contribution in [2.45, 2.75) is 13.8 Å². The molecule has 5 heteroatoms. The molecule has 0 radical (unpaired) electrons. The van der Waals surface area contributed by atoms with Crippen molar-refractivity contribution in [3.8, 4) is 22.8 Å². The van der Waals surface area contributed by atoms with Gasteiger partial charge in [-0.05, 0) is 18.1 Å². The summed E-state index contributed by atoms with van der Waals surface area (Å²) in [6.07, 6.45) is 0. The van der Waals surface area contributed by atoms with Crippen LogP contribution in [0, 0.1) is 5.92 Å². The lowest BCUT2D eigenvalue weighted by atomic mass is 10.1. The van der Waals surface area contributed by atoms with Gasteiger partial charge in [0.25, 0.3) is 0 Å². The number of hydrogen-bond donors (Lipinski definition) is 3. The smallest absolute Gasteiger partial charge is 0.183 e. The largest absolute Gasteiger partial charge is 0.508 e. The maximum atomic E-state index is 9.76. The van der Waals surface area contributed by atoms with Crippen molar-refractivity contribution >= 4 is 16.5 Å². The highest BCUT2D eigenvalue weighted by molar-refractivity contribution is 7.14. The zero-order valence-electron chi connectivity index (χ0n) is 10.3. The first-order valence-corrected chi connectivity index (χ1v) is 6.66. The van der Waals surface area contributed by atoms with Crippen molar-refractivity contribution in [3.63, 3.8) is 0 Å². The average Bonchev–Trinajstić information content (AvgIpc) is 2.75. The van der Waals surface area contributed by atoms with Crippen molar-refractivity contribution in [2.75, 3.05) is 11.9 Å². The Morgan fingerprint density at radius 2 is 2.11 bits per heavy atom. The molecule has 0 aliphatic rings. The highest BCUT2D eigenvalue weighted by atomic mass is 32.1. The van der Waals surface area contributed by atoms with Gasteiger partial charge in [-0.2, -0.15) is 0 Å². The number of rotatable bonds is 4. The molecule has 1 heterocycles. The number of nitrogens with zero attached hydrogens (tertiary/aromatic N) is 1. The third kappa shape index (κ3) is 2.92.